The third-order valence-electron chi connectivity index (χ3n) is 1.66. The molecule has 0 aliphatic heterocycles. The Morgan fingerprint density at radius 1 is 1.40 bits per heavy atom. The number of carboxylic acid groups (broad SMARTS) is 1. The molecule has 1 heterocycles. The van der Waals surface area contributed by atoms with Crippen LogP contribution in [0, 0.1) is 0 Å². The average Bonchev–Trinajstić information content (AvgIpc) is 2.71. The average molecular weight is 238 g/mol. The zero-order valence-electron chi connectivity index (χ0n) is 7.45. The zero-order valence-corrected chi connectivity index (χ0v) is 9.09. The highest BCUT2D eigenvalue weighted by molar-refractivity contribution is 8.01. The highest BCUT2D eigenvalue weighted by atomic mass is 32.2. The monoisotopic (exact) mass is 238 g/mol. The van der Waals surface area contributed by atoms with Gasteiger partial charge >= 0.3 is 5.97 Å². The lowest BCUT2D eigenvalue weighted by atomic mass is 10.2. The van der Waals surface area contributed by atoms with E-state index in [9.17, 15) is 4.79 Å². The molecule has 2 aromatic rings. The van der Waals surface area contributed by atoms with Crippen LogP contribution < -0.4 is 0 Å². The molecular formula is C9H6N2O2S2. The van der Waals surface area contributed by atoms with E-state index in [0.717, 1.165) is 4.34 Å². The number of carboxylic acids is 1. The van der Waals surface area contributed by atoms with E-state index in [1.807, 2.05) is 0 Å². The second-order valence-electron chi connectivity index (χ2n) is 2.61. The van der Waals surface area contributed by atoms with Crippen LogP contribution >= 0.6 is 23.3 Å². The van der Waals surface area contributed by atoms with Crippen LogP contribution in [0.4, 0.5) is 0 Å². The summed E-state index contributed by atoms with van der Waals surface area (Å²) in [6, 6.07) is 6.84. The Labute approximate surface area is 94.2 Å². The predicted octanol–water partition coefficient (Wildman–Crippen LogP) is 2.39. The Bertz CT molecular complexity index is 471. The molecule has 15 heavy (non-hydrogen) atoms. The molecule has 0 saturated carbocycles. The van der Waals surface area contributed by atoms with Crippen molar-refractivity contribution in [3.8, 4) is 0 Å². The summed E-state index contributed by atoms with van der Waals surface area (Å²) >= 11 is 2.56. The molecule has 0 radical (unpaired) electrons. The van der Waals surface area contributed by atoms with Crippen LogP contribution in [0.5, 0.6) is 0 Å². The maximum absolute atomic E-state index is 10.9. The molecule has 1 aromatic heterocycles. The molecule has 6 heteroatoms. The topological polar surface area (TPSA) is 63.1 Å². The minimum Gasteiger partial charge on any atom is -0.478 e. The molecule has 0 unspecified atom stereocenters. The van der Waals surface area contributed by atoms with Crippen LogP contribution in [0.15, 0.2) is 39.8 Å². The smallest absolute Gasteiger partial charge is 0.336 e. The number of aromatic nitrogens is 2. The first kappa shape index (κ1) is 10.1. The number of nitrogens with zero attached hydrogens (tertiary/aromatic N) is 2. The van der Waals surface area contributed by atoms with Gasteiger partial charge in [-0.1, -0.05) is 23.9 Å². The van der Waals surface area contributed by atoms with Crippen LogP contribution in [0.25, 0.3) is 0 Å². The number of hydrogen-bond acceptors (Lipinski definition) is 5. The standard InChI is InChI=1S/C9H6N2O2S2/c12-8(13)6-3-1-2-4-7(6)14-9-10-5-11-15-9/h1-5H,(H,12,13). The Hall–Kier alpha value is -1.40. The minimum atomic E-state index is -0.928. The quantitative estimate of drug-likeness (QED) is 0.889. The van der Waals surface area contributed by atoms with Gasteiger partial charge in [0, 0.05) is 4.90 Å². The minimum absolute atomic E-state index is 0.290. The fourth-order valence-corrected chi connectivity index (χ4v) is 2.56. The molecule has 0 bridgehead atoms. The van der Waals surface area contributed by atoms with E-state index >= 15 is 0 Å². The maximum atomic E-state index is 10.9. The van der Waals surface area contributed by atoms with E-state index in [0.29, 0.717) is 4.90 Å². The SMILES string of the molecule is O=C(O)c1ccccc1Sc1ncns1. The second kappa shape index (κ2) is 4.41. The van der Waals surface area contributed by atoms with Crippen LogP contribution in [0.1, 0.15) is 10.4 Å². The highest BCUT2D eigenvalue weighted by Gasteiger charge is 2.11. The zero-order chi connectivity index (χ0) is 10.7. The third kappa shape index (κ3) is 2.34. The van der Waals surface area contributed by atoms with Gasteiger partial charge in [-0.2, -0.15) is 4.37 Å². The van der Waals surface area contributed by atoms with E-state index in [1.165, 1.54) is 29.6 Å². The van der Waals surface area contributed by atoms with Gasteiger partial charge in [-0.3, -0.25) is 0 Å². The molecule has 0 aliphatic rings. The van der Waals surface area contributed by atoms with Crippen molar-refractivity contribution in [1.82, 2.24) is 9.36 Å². The van der Waals surface area contributed by atoms with Gasteiger partial charge in [0.05, 0.1) is 5.56 Å². The molecule has 1 aromatic carbocycles. The van der Waals surface area contributed by atoms with E-state index < -0.39 is 5.97 Å². The third-order valence-corrected chi connectivity index (χ3v) is 3.45. The number of aromatic carboxylic acids is 1. The van der Waals surface area contributed by atoms with Crippen molar-refractivity contribution < 1.29 is 9.90 Å². The Morgan fingerprint density at radius 2 is 2.20 bits per heavy atom. The van der Waals surface area contributed by atoms with Crippen molar-refractivity contribution in [2.75, 3.05) is 0 Å². The van der Waals surface area contributed by atoms with Crippen LogP contribution in [-0.4, -0.2) is 20.4 Å². The van der Waals surface area contributed by atoms with Gasteiger partial charge in [0.1, 0.15) is 6.33 Å². The van der Waals surface area contributed by atoms with Gasteiger partial charge in [0.25, 0.3) is 0 Å². The molecule has 1 N–H and O–H groups in total. The number of rotatable bonds is 3. The van der Waals surface area contributed by atoms with Gasteiger partial charge < -0.3 is 5.11 Å². The molecule has 0 fully saturated rings. The summed E-state index contributed by atoms with van der Waals surface area (Å²) < 4.78 is 4.59. The Morgan fingerprint density at radius 3 is 2.87 bits per heavy atom. The van der Waals surface area contributed by atoms with Gasteiger partial charge in [-0.05, 0) is 23.7 Å². The van der Waals surface area contributed by atoms with Gasteiger partial charge in [-0.25, -0.2) is 9.78 Å². The molecule has 0 aliphatic carbocycles. The molecular weight excluding hydrogens is 232 g/mol. The molecule has 2 rings (SSSR count). The fourth-order valence-electron chi connectivity index (χ4n) is 1.03. The summed E-state index contributed by atoms with van der Waals surface area (Å²) in [4.78, 5) is 15.6. The molecule has 0 amide bonds. The lowest BCUT2D eigenvalue weighted by Crippen LogP contribution is -1.97. The molecule has 0 atom stereocenters. The lowest BCUT2D eigenvalue weighted by Gasteiger charge is -2.01. The van der Waals surface area contributed by atoms with Gasteiger partial charge in [-0.15, -0.1) is 0 Å². The Balaban J connectivity index is 2.32. The first-order chi connectivity index (χ1) is 7.27. The number of carbonyl (C=O) groups is 1. The summed E-state index contributed by atoms with van der Waals surface area (Å²) in [5.41, 5.74) is 0.290. The largest absolute Gasteiger partial charge is 0.478 e. The predicted molar refractivity (Wildman–Crippen MR) is 57.4 cm³/mol. The first-order valence-corrected chi connectivity index (χ1v) is 5.63. The summed E-state index contributed by atoms with van der Waals surface area (Å²) in [5, 5.41) is 8.95. The van der Waals surface area contributed by atoms with Crippen LogP contribution in [0.3, 0.4) is 0 Å². The van der Waals surface area contributed by atoms with Crippen molar-refractivity contribution in [3.05, 3.63) is 36.2 Å². The Kier molecular flexibility index (Phi) is 2.98. The van der Waals surface area contributed by atoms with Crippen molar-refractivity contribution >= 4 is 29.3 Å². The van der Waals surface area contributed by atoms with E-state index in [1.54, 1.807) is 24.3 Å². The number of hydrogen-bond donors (Lipinski definition) is 1. The van der Waals surface area contributed by atoms with E-state index in [-0.39, 0.29) is 5.56 Å². The van der Waals surface area contributed by atoms with E-state index in [2.05, 4.69) is 9.36 Å². The maximum Gasteiger partial charge on any atom is 0.336 e. The van der Waals surface area contributed by atoms with Crippen molar-refractivity contribution in [2.45, 2.75) is 9.24 Å². The molecule has 0 saturated heterocycles. The molecule has 76 valence electrons. The lowest BCUT2D eigenvalue weighted by molar-refractivity contribution is 0.0693. The van der Waals surface area contributed by atoms with Crippen LogP contribution in [0.2, 0.25) is 0 Å². The van der Waals surface area contributed by atoms with Gasteiger partial charge in [0.2, 0.25) is 0 Å². The summed E-state index contributed by atoms with van der Waals surface area (Å²) in [6.45, 7) is 0. The van der Waals surface area contributed by atoms with Crippen molar-refractivity contribution in [2.24, 2.45) is 0 Å². The summed E-state index contributed by atoms with van der Waals surface area (Å²) in [5.74, 6) is -0.928. The van der Waals surface area contributed by atoms with Crippen molar-refractivity contribution in [1.29, 1.82) is 0 Å². The first-order valence-electron chi connectivity index (χ1n) is 4.04. The molecule has 4 nitrogen and oxygen atoms in total. The van der Waals surface area contributed by atoms with Crippen molar-refractivity contribution in [3.63, 3.8) is 0 Å². The normalized spacial score (nSPS) is 10.1. The van der Waals surface area contributed by atoms with Gasteiger partial charge in [0.15, 0.2) is 4.34 Å². The number of benzene rings is 1. The second-order valence-corrected chi connectivity index (χ2v) is 4.68. The van der Waals surface area contributed by atoms with E-state index in [4.69, 9.17) is 5.11 Å². The summed E-state index contributed by atoms with van der Waals surface area (Å²) in [7, 11) is 0. The molecule has 0 spiro atoms. The summed E-state index contributed by atoms with van der Waals surface area (Å²) in [6.07, 6.45) is 1.45. The van der Waals surface area contributed by atoms with Crippen LogP contribution in [-0.2, 0) is 0 Å². The highest BCUT2D eigenvalue weighted by Crippen LogP contribution is 2.30. The fraction of sp³-hybridized carbons (Fsp3) is 0.